The second-order valence-electron chi connectivity index (χ2n) is 7.06. The summed E-state index contributed by atoms with van der Waals surface area (Å²) in [6, 6.07) is 26.7. The fourth-order valence-corrected chi connectivity index (χ4v) is 3.55. The number of imidazole rings is 1. The number of benzene rings is 3. The summed E-state index contributed by atoms with van der Waals surface area (Å²) in [6.45, 7) is 1.24. The third-order valence-corrected chi connectivity index (χ3v) is 5.09. The van der Waals surface area contributed by atoms with Gasteiger partial charge in [-0.2, -0.15) is 5.26 Å². The van der Waals surface area contributed by atoms with Gasteiger partial charge in [0.25, 0.3) is 0 Å². The zero-order chi connectivity index (χ0) is 20.1. The summed E-state index contributed by atoms with van der Waals surface area (Å²) >= 11 is 0. The molecule has 0 aliphatic heterocycles. The van der Waals surface area contributed by atoms with Crippen LogP contribution in [0.4, 0.5) is 0 Å². The van der Waals surface area contributed by atoms with E-state index in [9.17, 15) is 0 Å². The fourth-order valence-electron chi connectivity index (χ4n) is 3.55. The number of nitriles is 1. The Morgan fingerprint density at radius 3 is 2.41 bits per heavy atom. The van der Waals surface area contributed by atoms with Crippen LogP contribution in [0.15, 0.2) is 85.3 Å². The van der Waals surface area contributed by atoms with Gasteiger partial charge in [-0.3, -0.25) is 0 Å². The van der Waals surface area contributed by atoms with Crippen LogP contribution >= 0.6 is 0 Å². The highest BCUT2D eigenvalue weighted by Gasteiger charge is 2.08. The van der Waals surface area contributed by atoms with E-state index in [4.69, 9.17) is 11.0 Å². The van der Waals surface area contributed by atoms with Crippen molar-refractivity contribution in [2.75, 3.05) is 0 Å². The molecule has 2 N–H and O–H groups in total. The second-order valence-corrected chi connectivity index (χ2v) is 7.06. The van der Waals surface area contributed by atoms with Crippen molar-refractivity contribution in [3.8, 4) is 17.2 Å². The summed E-state index contributed by atoms with van der Waals surface area (Å²) in [4.78, 5) is 4.34. The van der Waals surface area contributed by atoms with Crippen LogP contribution in [0.2, 0.25) is 0 Å². The summed E-state index contributed by atoms with van der Waals surface area (Å²) < 4.78 is 2.16. The summed E-state index contributed by atoms with van der Waals surface area (Å²) in [5.74, 6) is 0. The van der Waals surface area contributed by atoms with Crippen molar-refractivity contribution in [3.05, 3.63) is 113 Å². The Morgan fingerprint density at radius 2 is 1.69 bits per heavy atom. The molecule has 1 aromatic heterocycles. The Bertz CT molecular complexity index is 1140. The van der Waals surface area contributed by atoms with Crippen LogP contribution in [0.5, 0.6) is 0 Å². The van der Waals surface area contributed by atoms with Crippen molar-refractivity contribution in [2.45, 2.75) is 19.5 Å². The highest BCUT2D eigenvalue weighted by Crippen LogP contribution is 2.25. The van der Waals surface area contributed by atoms with Crippen molar-refractivity contribution in [3.63, 3.8) is 0 Å². The number of aromatic nitrogens is 2. The molecule has 0 aliphatic rings. The lowest BCUT2D eigenvalue weighted by Gasteiger charge is -2.13. The quantitative estimate of drug-likeness (QED) is 0.536. The van der Waals surface area contributed by atoms with Gasteiger partial charge in [-0.15, -0.1) is 0 Å². The van der Waals surface area contributed by atoms with Crippen LogP contribution in [0, 0.1) is 11.3 Å². The molecule has 4 nitrogen and oxygen atoms in total. The smallest absolute Gasteiger partial charge is 0.0991 e. The van der Waals surface area contributed by atoms with Crippen molar-refractivity contribution in [1.82, 2.24) is 9.55 Å². The molecule has 0 fully saturated rings. The summed E-state index contributed by atoms with van der Waals surface area (Å²) in [5, 5.41) is 8.96. The zero-order valence-corrected chi connectivity index (χ0v) is 16.1. The lowest BCUT2D eigenvalue weighted by molar-refractivity contribution is 0.752. The molecule has 4 aromatic rings. The van der Waals surface area contributed by atoms with E-state index in [1.54, 1.807) is 0 Å². The second kappa shape index (κ2) is 8.55. The molecule has 142 valence electrons. The molecule has 29 heavy (non-hydrogen) atoms. The number of rotatable bonds is 6. The topological polar surface area (TPSA) is 67.6 Å². The maximum Gasteiger partial charge on any atom is 0.0991 e. The highest BCUT2D eigenvalue weighted by molar-refractivity contribution is 5.67. The molecule has 0 bridgehead atoms. The molecule has 0 saturated carbocycles. The van der Waals surface area contributed by atoms with Gasteiger partial charge in [0.05, 0.1) is 18.0 Å². The van der Waals surface area contributed by atoms with E-state index in [0.717, 1.165) is 29.8 Å². The van der Waals surface area contributed by atoms with Gasteiger partial charge in [0.1, 0.15) is 0 Å². The Kier molecular flexibility index (Phi) is 5.51. The van der Waals surface area contributed by atoms with Crippen LogP contribution in [0.3, 0.4) is 0 Å². The molecule has 0 aliphatic carbocycles. The predicted octanol–water partition coefficient (Wildman–Crippen LogP) is 4.52. The van der Waals surface area contributed by atoms with Crippen molar-refractivity contribution >= 4 is 0 Å². The van der Waals surface area contributed by atoms with Crippen LogP contribution < -0.4 is 5.73 Å². The normalized spacial score (nSPS) is 10.6. The van der Waals surface area contributed by atoms with Gasteiger partial charge in [0, 0.05) is 31.4 Å². The first kappa shape index (κ1) is 18.7. The molecular weight excluding hydrogens is 356 g/mol. The first-order valence-corrected chi connectivity index (χ1v) is 9.62. The first-order valence-electron chi connectivity index (χ1n) is 9.62. The monoisotopic (exact) mass is 378 g/mol. The van der Waals surface area contributed by atoms with Gasteiger partial charge in [-0.05, 0) is 39.9 Å². The van der Waals surface area contributed by atoms with E-state index < -0.39 is 0 Å². The predicted molar refractivity (Wildman–Crippen MR) is 115 cm³/mol. The van der Waals surface area contributed by atoms with E-state index in [1.165, 1.54) is 16.7 Å². The molecule has 1 heterocycles. The Hall–Kier alpha value is -3.68. The Labute approximate surface area is 170 Å². The number of hydrogen-bond donors (Lipinski definition) is 1. The summed E-state index contributed by atoms with van der Waals surface area (Å²) in [5.41, 5.74) is 13.7. The molecule has 0 amide bonds. The maximum atomic E-state index is 8.96. The molecule has 0 unspecified atom stereocenters. The maximum absolute atomic E-state index is 8.96. The molecule has 0 atom stereocenters. The summed E-state index contributed by atoms with van der Waals surface area (Å²) in [6.07, 6.45) is 4.55. The first-order chi connectivity index (χ1) is 14.3. The van der Waals surface area contributed by atoms with E-state index in [1.807, 2.05) is 55.0 Å². The van der Waals surface area contributed by atoms with Crippen molar-refractivity contribution in [1.29, 1.82) is 5.26 Å². The van der Waals surface area contributed by atoms with Gasteiger partial charge in [0.2, 0.25) is 0 Å². The van der Waals surface area contributed by atoms with Crippen molar-refractivity contribution < 1.29 is 0 Å². The van der Waals surface area contributed by atoms with E-state index in [0.29, 0.717) is 12.1 Å². The number of nitrogens with two attached hydrogens (primary N) is 1. The van der Waals surface area contributed by atoms with Crippen LogP contribution in [-0.4, -0.2) is 9.55 Å². The fraction of sp³-hybridized carbons (Fsp3) is 0.120. The molecular formula is C25H22N4. The zero-order valence-electron chi connectivity index (χ0n) is 16.1. The van der Waals surface area contributed by atoms with Gasteiger partial charge < -0.3 is 10.3 Å². The average Bonchev–Trinajstić information content (AvgIpc) is 3.21. The lowest BCUT2D eigenvalue weighted by atomic mass is 9.97. The van der Waals surface area contributed by atoms with Gasteiger partial charge >= 0.3 is 0 Å². The summed E-state index contributed by atoms with van der Waals surface area (Å²) in [7, 11) is 0. The van der Waals surface area contributed by atoms with E-state index >= 15 is 0 Å². The van der Waals surface area contributed by atoms with Gasteiger partial charge in [0.15, 0.2) is 0 Å². The number of hydrogen-bond acceptors (Lipinski definition) is 3. The highest BCUT2D eigenvalue weighted by atomic mass is 15.0. The van der Waals surface area contributed by atoms with Crippen LogP contribution in [0.25, 0.3) is 11.1 Å². The van der Waals surface area contributed by atoms with Gasteiger partial charge in [-0.1, -0.05) is 60.7 Å². The van der Waals surface area contributed by atoms with Crippen LogP contribution in [0.1, 0.15) is 27.9 Å². The minimum atomic E-state index is 0.500. The molecule has 4 rings (SSSR count). The minimum Gasteiger partial charge on any atom is -0.330 e. The largest absolute Gasteiger partial charge is 0.330 e. The van der Waals surface area contributed by atoms with Gasteiger partial charge in [-0.25, -0.2) is 4.98 Å². The third-order valence-electron chi connectivity index (χ3n) is 5.09. The lowest BCUT2D eigenvalue weighted by Crippen LogP contribution is -2.06. The Balaban J connectivity index is 1.56. The minimum absolute atomic E-state index is 0.500. The molecule has 0 spiro atoms. The molecule has 0 saturated heterocycles. The average molecular weight is 378 g/mol. The van der Waals surface area contributed by atoms with E-state index in [2.05, 4.69) is 46.0 Å². The van der Waals surface area contributed by atoms with E-state index in [-0.39, 0.29) is 0 Å². The van der Waals surface area contributed by atoms with Crippen LogP contribution in [-0.2, 0) is 19.5 Å². The third kappa shape index (κ3) is 4.26. The SMILES string of the molecule is N#Cc1ccc(Cc2cncn2Cc2ccc(-c3ccccc3)c(CN)c2)cc1. The standard InChI is InChI=1S/C25H22N4/c26-14-20-8-6-19(7-9-20)13-24-16-28-18-29(24)17-21-10-11-25(23(12-21)15-27)22-4-2-1-3-5-22/h1-12,16,18H,13,15,17,27H2. The Morgan fingerprint density at radius 1 is 0.931 bits per heavy atom. The molecule has 4 heteroatoms. The van der Waals surface area contributed by atoms with Crippen molar-refractivity contribution in [2.24, 2.45) is 5.73 Å². The molecule has 3 aromatic carbocycles. The number of nitrogens with zero attached hydrogens (tertiary/aromatic N) is 3. The molecule has 0 radical (unpaired) electrons.